The molecule has 0 saturated carbocycles. The number of nitrogens with one attached hydrogen (secondary N) is 3. The number of benzene rings is 2. The second kappa shape index (κ2) is 8.23. The summed E-state index contributed by atoms with van der Waals surface area (Å²) in [5, 5.41) is 9.66. The third-order valence-electron chi connectivity index (χ3n) is 6.26. The van der Waals surface area contributed by atoms with Crippen LogP contribution in [-0.4, -0.2) is 45.8 Å². The molecular formula is C22H23F2N3O5S. The molecule has 8 nitrogen and oxygen atoms in total. The van der Waals surface area contributed by atoms with Gasteiger partial charge in [-0.05, 0) is 61.7 Å². The zero-order valence-electron chi connectivity index (χ0n) is 17.5. The van der Waals surface area contributed by atoms with Gasteiger partial charge in [-0.3, -0.25) is 4.79 Å². The summed E-state index contributed by atoms with van der Waals surface area (Å²) in [6.07, 6.45) is -2.02. The molecule has 0 aromatic heterocycles. The Balaban J connectivity index is 1.22. The van der Waals surface area contributed by atoms with E-state index < -0.39 is 16.1 Å². The van der Waals surface area contributed by atoms with Crippen LogP contribution in [0.2, 0.25) is 0 Å². The molecule has 3 N–H and O–H groups in total. The number of alkyl halides is 2. The minimum Gasteiger partial charge on any atom is -0.395 e. The number of amides is 1. The first-order chi connectivity index (χ1) is 15.7. The molecule has 3 unspecified atom stereocenters. The van der Waals surface area contributed by atoms with Crippen LogP contribution in [0, 0.1) is 5.92 Å². The molecule has 2 saturated heterocycles. The van der Waals surface area contributed by atoms with Crippen LogP contribution in [0.1, 0.15) is 18.4 Å². The van der Waals surface area contributed by atoms with Gasteiger partial charge in [0.05, 0.1) is 15.8 Å². The van der Waals surface area contributed by atoms with E-state index in [0.717, 1.165) is 43.6 Å². The second-order valence-electron chi connectivity index (χ2n) is 8.46. The van der Waals surface area contributed by atoms with E-state index in [1.54, 1.807) is 12.1 Å². The minimum atomic E-state index is -3.95. The van der Waals surface area contributed by atoms with E-state index in [1.807, 2.05) is 0 Å². The average molecular weight is 480 g/mol. The molecule has 3 heterocycles. The highest BCUT2D eigenvalue weighted by Crippen LogP contribution is 2.42. The van der Waals surface area contributed by atoms with Gasteiger partial charge in [-0.1, -0.05) is 12.1 Å². The number of fused-ring (bicyclic) bond motifs is 2. The summed E-state index contributed by atoms with van der Waals surface area (Å²) in [5.41, 5.74) is 0.740. The number of hydrogen-bond acceptors (Lipinski definition) is 7. The first-order valence-corrected chi connectivity index (χ1v) is 12.2. The lowest BCUT2D eigenvalue weighted by atomic mass is 9.94. The van der Waals surface area contributed by atoms with E-state index in [2.05, 4.69) is 25.4 Å². The Morgan fingerprint density at radius 3 is 2.58 bits per heavy atom. The second-order valence-corrected chi connectivity index (χ2v) is 10.4. The molecule has 2 aromatic rings. The fraction of sp³-hybridized carbons (Fsp3) is 0.409. The van der Waals surface area contributed by atoms with E-state index in [4.69, 9.17) is 0 Å². The van der Waals surface area contributed by atoms with E-state index in [9.17, 15) is 22.0 Å². The molecule has 0 spiro atoms. The molecule has 1 amide bonds. The Morgan fingerprint density at radius 2 is 1.82 bits per heavy atom. The average Bonchev–Trinajstić information content (AvgIpc) is 3.36. The minimum absolute atomic E-state index is 0.00256. The molecule has 11 heteroatoms. The van der Waals surface area contributed by atoms with Crippen LogP contribution in [0.3, 0.4) is 0 Å². The predicted octanol–water partition coefficient (Wildman–Crippen LogP) is 1.80. The maximum atomic E-state index is 13.2. The van der Waals surface area contributed by atoms with Gasteiger partial charge in [0.25, 0.3) is 0 Å². The highest BCUT2D eigenvalue weighted by atomic mass is 32.2. The van der Waals surface area contributed by atoms with Crippen molar-refractivity contribution in [2.45, 2.75) is 47.6 Å². The van der Waals surface area contributed by atoms with Crippen LogP contribution in [-0.2, 0) is 21.2 Å². The third kappa shape index (κ3) is 4.40. The van der Waals surface area contributed by atoms with Crippen molar-refractivity contribution in [3.05, 3.63) is 48.0 Å². The van der Waals surface area contributed by atoms with Crippen molar-refractivity contribution in [3.63, 3.8) is 0 Å². The van der Waals surface area contributed by atoms with Crippen LogP contribution < -0.4 is 25.4 Å². The van der Waals surface area contributed by atoms with E-state index >= 15 is 0 Å². The molecule has 5 rings (SSSR count). The highest BCUT2D eigenvalue weighted by Gasteiger charge is 2.44. The monoisotopic (exact) mass is 479 g/mol. The summed E-state index contributed by atoms with van der Waals surface area (Å²) in [7, 11) is -3.95. The molecular weight excluding hydrogens is 456 g/mol. The molecule has 0 aliphatic carbocycles. The first-order valence-electron chi connectivity index (χ1n) is 10.7. The van der Waals surface area contributed by atoms with Gasteiger partial charge in [0.15, 0.2) is 11.5 Å². The molecule has 3 aliphatic rings. The summed E-state index contributed by atoms with van der Waals surface area (Å²) in [6.45, 7) is 2.14. The third-order valence-corrected chi connectivity index (χ3v) is 8.03. The zero-order valence-corrected chi connectivity index (χ0v) is 18.3. The van der Waals surface area contributed by atoms with Gasteiger partial charge in [0.1, 0.15) is 0 Å². The Labute approximate surface area is 189 Å². The van der Waals surface area contributed by atoms with E-state index in [0.29, 0.717) is 12.0 Å². The summed E-state index contributed by atoms with van der Waals surface area (Å²) in [6, 6.07) is 9.55. The van der Waals surface area contributed by atoms with Crippen molar-refractivity contribution in [1.29, 1.82) is 0 Å². The number of carbonyl (C=O) groups is 1. The maximum absolute atomic E-state index is 13.2. The quantitative estimate of drug-likeness (QED) is 0.601. The van der Waals surface area contributed by atoms with Crippen LogP contribution in [0.5, 0.6) is 11.5 Å². The Hall–Kier alpha value is -2.76. The van der Waals surface area contributed by atoms with Crippen molar-refractivity contribution >= 4 is 15.7 Å². The van der Waals surface area contributed by atoms with E-state index in [-0.39, 0.29) is 39.8 Å². The number of piperidine rings is 1. The molecule has 33 heavy (non-hydrogen) atoms. The van der Waals surface area contributed by atoms with Crippen LogP contribution in [0.4, 0.5) is 8.78 Å². The van der Waals surface area contributed by atoms with Gasteiger partial charge < -0.3 is 25.4 Å². The van der Waals surface area contributed by atoms with Gasteiger partial charge in [-0.15, -0.1) is 8.78 Å². The standard InChI is InChI=1S/C22H23F2N3O5S/c23-22(24)31-19-6-5-16(10-20(19)32-22)33(29,30)15-3-1-13(2-4-15)11-26-21(28)18-9-14-12-25-8-7-17(14)27-18/h1-6,10,14,17-18,25,27H,7-9,11-12H2,(H,26,28). The van der Waals surface area contributed by atoms with Crippen LogP contribution in [0.25, 0.3) is 0 Å². The number of rotatable bonds is 5. The van der Waals surface area contributed by atoms with Crippen molar-refractivity contribution < 1.29 is 31.5 Å². The summed E-state index contributed by atoms with van der Waals surface area (Å²) >= 11 is 0. The zero-order chi connectivity index (χ0) is 23.2. The van der Waals surface area contributed by atoms with E-state index in [1.165, 1.54) is 18.2 Å². The number of hydrogen-bond donors (Lipinski definition) is 3. The SMILES string of the molecule is O=C(NCc1ccc(S(=O)(=O)c2ccc3c(c2)OC(F)(F)O3)cc1)C1CC2CNCCC2N1. The number of sulfone groups is 1. The number of halogens is 2. The maximum Gasteiger partial charge on any atom is 0.586 e. The van der Waals surface area contributed by atoms with Gasteiger partial charge >= 0.3 is 6.29 Å². The van der Waals surface area contributed by atoms with Gasteiger partial charge in [-0.2, -0.15) is 0 Å². The Bertz CT molecular complexity index is 1160. The van der Waals surface area contributed by atoms with Crippen molar-refractivity contribution in [2.75, 3.05) is 13.1 Å². The largest absolute Gasteiger partial charge is 0.586 e. The van der Waals surface area contributed by atoms with Crippen molar-refractivity contribution in [2.24, 2.45) is 5.92 Å². The molecule has 176 valence electrons. The fourth-order valence-electron chi connectivity index (χ4n) is 4.53. The fourth-order valence-corrected chi connectivity index (χ4v) is 5.81. The Kier molecular flexibility index (Phi) is 5.50. The predicted molar refractivity (Wildman–Crippen MR) is 113 cm³/mol. The van der Waals surface area contributed by atoms with Gasteiger partial charge in [0, 0.05) is 18.7 Å². The van der Waals surface area contributed by atoms with Gasteiger partial charge in [0.2, 0.25) is 15.7 Å². The van der Waals surface area contributed by atoms with Crippen LogP contribution in [0.15, 0.2) is 52.3 Å². The smallest absolute Gasteiger partial charge is 0.395 e. The summed E-state index contributed by atoms with van der Waals surface area (Å²) < 4.78 is 60.9. The summed E-state index contributed by atoms with van der Waals surface area (Å²) in [4.78, 5) is 12.4. The van der Waals surface area contributed by atoms with Crippen molar-refractivity contribution in [1.82, 2.24) is 16.0 Å². The molecule has 0 radical (unpaired) electrons. The topological polar surface area (TPSA) is 106 Å². The molecule has 2 aromatic carbocycles. The lowest BCUT2D eigenvalue weighted by molar-refractivity contribution is -0.286. The first kappa shape index (κ1) is 22.1. The lowest BCUT2D eigenvalue weighted by Gasteiger charge is -2.25. The lowest BCUT2D eigenvalue weighted by Crippen LogP contribution is -2.45. The Morgan fingerprint density at radius 1 is 1.09 bits per heavy atom. The van der Waals surface area contributed by atoms with Gasteiger partial charge in [-0.25, -0.2) is 8.42 Å². The number of carbonyl (C=O) groups excluding carboxylic acids is 1. The highest BCUT2D eigenvalue weighted by molar-refractivity contribution is 7.91. The normalized spacial score (nSPS) is 25.5. The molecule has 3 atom stereocenters. The van der Waals surface area contributed by atoms with Crippen LogP contribution >= 0.6 is 0 Å². The summed E-state index contributed by atoms with van der Waals surface area (Å²) in [5.74, 6) is -0.173. The number of ether oxygens (including phenoxy) is 2. The van der Waals surface area contributed by atoms with Crippen molar-refractivity contribution in [3.8, 4) is 11.5 Å². The molecule has 2 fully saturated rings. The molecule has 3 aliphatic heterocycles. The molecule has 0 bridgehead atoms.